The number of anilines is 1. The van der Waals surface area contributed by atoms with Gasteiger partial charge in [-0.3, -0.25) is 4.79 Å². The molecule has 1 heterocycles. The number of amides is 1. The van der Waals surface area contributed by atoms with Crippen LogP contribution in [0.3, 0.4) is 0 Å². The fraction of sp³-hybridized carbons (Fsp3) is 0.588. The molecule has 1 fully saturated rings. The Morgan fingerprint density at radius 1 is 1.43 bits per heavy atom. The monoisotopic (exact) mass is 289 g/mol. The quantitative estimate of drug-likeness (QED) is 0.874. The Kier molecular flexibility index (Phi) is 5.76. The smallest absolute Gasteiger partial charge is 0.240 e. The van der Waals surface area contributed by atoms with Gasteiger partial charge in [0, 0.05) is 12.2 Å². The minimum Gasteiger partial charge on any atom is -0.325 e. The van der Waals surface area contributed by atoms with Crippen molar-refractivity contribution in [3.05, 3.63) is 29.8 Å². The van der Waals surface area contributed by atoms with Crippen LogP contribution in [0.4, 0.5) is 5.69 Å². The first-order valence-electron chi connectivity index (χ1n) is 7.92. The number of carbonyl (C=O) groups is 1. The predicted octanol–water partition coefficient (Wildman–Crippen LogP) is 2.25. The number of nitrogens with one attached hydrogen (secondary N) is 1. The van der Waals surface area contributed by atoms with Gasteiger partial charge in [0.05, 0.1) is 6.04 Å². The summed E-state index contributed by atoms with van der Waals surface area (Å²) in [5.41, 5.74) is 7.67. The second kappa shape index (κ2) is 7.57. The fourth-order valence-corrected chi connectivity index (χ4v) is 2.63. The van der Waals surface area contributed by atoms with Crippen molar-refractivity contribution in [1.29, 1.82) is 0 Å². The van der Waals surface area contributed by atoms with Crippen LogP contribution in [0.5, 0.6) is 0 Å². The summed E-state index contributed by atoms with van der Waals surface area (Å²) < 4.78 is 0. The number of piperidine rings is 1. The van der Waals surface area contributed by atoms with E-state index in [1.807, 2.05) is 18.2 Å². The zero-order chi connectivity index (χ0) is 15.2. The lowest BCUT2D eigenvalue weighted by Crippen LogP contribution is -2.34. The van der Waals surface area contributed by atoms with Crippen LogP contribution in [0.2, 0.25) is 0 Å². The van der Waals surface area contributed by atoms with E-state index in [1.54, 1.807) is 6.92 Å². The lowest BCUT2D eigenvalue weighted by molar-refractivity contribution is -0.117. The Balaban J connectivity index is 1.85. The summed E-state index contributed by atoms with van der Waals surface area (Å²) in [5, 5.41) is 2.85. The molecule has 0 aromatic heterocycles. The summed E-state index contributed by atoms with van der Waals surface area (Å²) in [5.74, 6) is 0.732. The van der Waals surface area contributed by atoms with Gasteiger partial charge < -0.3 is 16.0 Å². The van der Waals surface area contributed by atoms with Gasteiger partial charge in [-0.1, -0.05) is 19.1 Å². The van der Waals surface area contributed by atoms with E-state index >= 15 is 0 Å². The van der Waals surface area contributed by atoms with Crippen LogP contribution < -0.4 is 11.1 Å². The SMILES string of the molecule is CC1CCN(CCc2cccc(NC(=O)[C@@H](C)N)c2)CC1. The van der Waals surface area contributed by atoms with Crippen molar-refractivity contribution in [2.45, 2.75) is 39.2 Å². The summed E-state index contributed by atoms with van der Waals surface area (Å²) in [7, 11) is 0. The van der Waals surface area contributed by atoms with Gasteiger partial charge >= 0.3 is 0 Å². The molecule has 1 saturated heterocycles. The van der Waals surface area contributed by atoms with Crippen molar-refractivity contribution in [3.63, 3.8) is 0 Å². The van der Waals surface area contributed by atoms with Gasteiger partial charge in [-0.05, 0) is 62.9 Å². The molecule has 0 unspecified atom stereocenters. The van der Waals surface area contributed by atoms with Gasteiger partial charge in [-0.15, -0.1) is 0 Å². The molecule has 0 spiro atoms. The lowest BCUT2D eigenvalue weighted by atomic mass is 9.99. The molecule has 4 heteroatoms. The zero-order valence-electron chi connectivity index (χ0n) is 13.1. The number of hydrogen-bond donors (Lipinski definition) is 2. The minimum atomic E-state index is -0.482. The van der Waals surface area contributed by atoms with E-state index in [0.29, 0.717) is 0 Å². The molecule has 1 amide bonds. The highest BCUT2D eigenvalue weighted by Gasteiger charge is 2.15. The topological polar surface area (TPSA) is 58.4 Å². The normalized spacial score (nSPS) is 18.4. The molecule has 0 aliphatic carbocycles. The van der Waals surface area contributed by atoms with E-state index in [9.17, 15) is 4.79 Å². The van der Waals surface area contributed by atoms with Crippen LogP contribution in [-0.2, 0) is 11.2 Å². The molecule has 2 rings (SSSR count). The first kappa shape index (κ1) is 16.0. The molecule has 4 nitrogen and oxygen atoms in total. The summed E-state index contributed by atoms with van der Waals surface area (Å²) in [4.78, 5) is 14.2. The Morgan fingerprint density at radius 3 is 2.81 bits per heavy atom. The molecule has 1 atom stereocenters. The molecular weight excluding hydrogens is 262 g/mol. The minimum absolute atomic E-state index is 0.142. The second-order valence-corrected chi connectivity index (χ2v) is 6.25. The maximum atomic E-state index is 11.6. The molecule has 0 radical (unpaired) electrons. The van der Waals surface area contributed by atoms with E-state index < -0.39 is 6.04 Å². The number of nitrogens with zero attached hydrogens (tertiary/aromatic N) is 1. The van der Waals surface area contributed by atoms with Gasteiger partial charge in [-0.2, -0.15) is 0 Å². The molecule has 1 aliphatic heterocycles. The lowest BCUT2D eigenvalue weighted by Gasteiger charge is -2.30. The Labute approximate surface area is 127 Å². The van der Waals surface area contributed by atoms with Crippen molar-refractivity contribution < 1.29 is 4.79 Å². The van der Waals surface area contributed by atoms with E-state index in [0.717, 1.165) is 24.6 Å². The highest BCUT2D eigenvalue weighted by atomic mass is 16.2. The third-order valence-corrected chi connectivity index (χ3v) is 4.20. The van der Waals surface area contributed by atoms with Crippen LogP contribution in [0.25, 0.3) is 0 Å². The molecule has 3 N–H and O–H groups in total. The van der Waals surface area contributed by atoms with Gasteiger partial charge in [0.15, 0.2) is 0 Å². The van der Waals surface area contributed by atoms with Crippen molar-refractivity contribution in [1.82, 2.24) is 4.90 Å². The van der Waals surface area contributed by atoms with Crippen LogP contribution >= 0.6 is 0 Å². The largest absolute Gasteiger partial charge is 0.325 e. The van der Waals surface area contributed by atoms with Gasteiger partial charge in [0.25, 0.3) is 0 Å². The van der Waals surface area contributed by atoms with Crippen molar-refractivity contribution in [3.8, 4) is 0 Å². The fourth-order valence-electron chi connectivity index (χ4n) is 2.63. The first-order chi connectivity index (χ1) is 10.0. The maximum absolute atomic E-state index is 11.6. The number of rotatable bonds is 5. The molecular formula is C17H27N3O. The standard InChI is InChI=1S/C17H27N3O/c1-13-6-9-20(10-7-13)11-8-15-4-3-5-16(12-15)19-17(21)14(2)18/h3-5,12-14H,6-11,18H2,1-2H3,(H,19,21)/t14-/m1/s1. The number of likely N-dealkylation sites (tertiary alicyclic amines) is 1. The van der Waals surface area contributed by atoms with E-state index in [2.05, 4.69) is 23.2 Å². The predicted molar refractivity (Wildman–Crippen MR) is 87.3 cm³/mol. The molecule has 1 aliphatic rings. The number of nitrogens with two attached hydrogens (primary N) is 1. The van der Waals surface area contributed by atoms with Crippen LogP contribution in [-0.4, -0.2) is 36.5 Å². The maximum Gasteiger partial charge on any atom is 0.240 e. The summed E-state index contributed by atoms with van der Waals surface area (Å²) >= 11 is 0. The molecule has 0 bridgehead atoms. The molecule has 1 aromatic carbocycles. The molecule has 21 heavy (non-hydrogen) atoms. The summed E-state index contributed by atoms with van der Waals surface area (Å²) in [6.07, 6.45) is 3.64. The first-order valence-corrected chi connectivity index (χ1v) is 7.92. The van der Waals surface area contributed by atoms with Crippen molar-refractivity contribution in [2.24, 2.45) is 11.7 Å². The Bertz CT molecular complexity index is 465. The van der Waals surface area contributed by atoms with E-state index in [1.165, 1.54) is 31.5 Å². The Morgan fingerprint density at radius 2 is 2.14 bits per heavy atom. The van der Waals surface area contributed by atoms with E-state index in [4.69, 9.17) is 5.73 Å². The molecule has 0 saturated carbocycles. The third kappa shape index (κ3) is 5.14. The van der Waals surface area contributed by atoms with Crippen LogP contribution in [0.15, 0.2) is 24.3 Å². The van der Waals surface area contributed by atoms with Gasteiger partial charge in [-0.25, -0.2) is 0 Å². The average Bonchev–Trinajstić information content (AvgIpc) is 2.47. The summed E-state index contributed by atoms with van der Waals surface area (Å²) in [6.45, 7) is 7.54. The van der Waals surface area contributed by atoms with Crippen molar-refractivity contribution >= 4 is 11.6 Å². The number of hydrogen-bond acceptors (Lipinski definition) is 3. The second-order valence-electron chi connectivity index (χ2n) is 6.25. The van der Waals surface area contributed by atoms with Crippen LogP contribution in [0.1, 0.15) is 32.3 Å². The zero-order valence-corrected chi connectivity index (χ0v) is 13.1. The highest BCUT2D eigenvalue weighted by Crippen LogP contribution is 2.17. The van der Waals surface area contributed by atoms with Crippen LogP contribution in [0, 0.1) is 5.92 Å². The van der Waals surface area contributed by atoms with E-state index in [-0.39, 0.29) is 5.91 Å². The Hall–Kier alpha value is -1.39. The number of carbonyl (C=O) groups excluding carboxylic acids is 1. The molecule has 1 aromatic rings. The average molecular weight is 289 g/mol. The highest BCUT2D eigenvalue weighted by molar-refractivity contribution is 5.94. The molecule has 116 valence electrons. The van der Waals surface area contributed by atoms with Gasteiger partial charge in [0.2, 0.25) is 5.91 Å². The van der Waals surface area contributed by atoms with Gasteiger partial charge in [0.1, 0.15) is 0 Å². The summed E-state index contributed by atoms with van der Waals surface area (Å²) in [6, 6.07) is 7.58. The van der Waals surface area contributed by atoms with Crippen molar-refractivity contribution in [2.75, 3.05) is 25.0 Å². The number of benzene rings is 1. The third-order valence-electron chi connectivity index (χ3n) is 4.20.